The topological polar surface area (TPSA) is 13.1 Å². The van der Waals surface area contributed by atoms with Gasteiger partial charge in [0.1, 0.15) is 11.2 Å². The van der Waals surface area contributed by atoms with E-state index in [1.54, 1.807) is 0 Å². The molecule has 0 bridgehead atoms. The first-order chi connectivity index (χ1) is 56.1. The van der Waals surface area contributed by atoms with Crippen molar-refractivity contribution in [2.45, 2.75) is 0 Å². The van der Waals surface area contributed by atoms with Crippen molar-refractivity contribution in [2.75, 3.05) is 0 Å². The Labute approximate surface area is 676 Å². The van der Waals surface area contributed by atoms with E-state index in [1.165, 1.54) is 136 Å². The Balaban J connectivity index is 0.000000100. The second kappa shape index (κ2) is 38.8. The normalized spacial score (nSPS) is 10.5. The maximum absolute atomic E-state index is 5.65. The van der Waals surface area contributed by atoms with E-state index in [1.807, 2.05) is 130 Å². The molecule has 0 aliphatic carbocycles. The minimum absolute atomic E-state index is 0.962. The molecule has 0 spiro atoms. The summed E-state index contributed by atoms with van der Waals surface area (Å²) >= 11 is 7.45. The highest BCUT2D eigenvalue weighted by Gasteiger charge is 2.07. The van der Waals surface area contributed by atoms with Gasteiger partial charge in [-0.3, -0.25) is 0 Å². The monoisotopic (exact) mass is 1520 g/mol. The summed E-state index contributed by atoms with van der Waals surface area (Å²) in [4.78, 5) is 0. The lowest BCUT2D eigenvalue weighted by molar-refractivity contribution is 0.669. The SMILES string of the molecule is c1ccc(-c2ccccc2)cc1.c1ccc(-c2ccccc2)cc1.c1ccc(-c2ccccc2)cc1.c1ccc(-c2ccccc2)cc1.c1ccc2c(c1)oc1ccccc12.c1ccc2c(c1)sc1ccccc12.c1ccc2c(c1)sc1ccccc12.c1ccc2c(c1)sc1ccccc12.c1ccc2c(c1)sc1ccccc12. The summed E-state index contributed by atoms with van der Waals surface area (Å²) in [7, 11) is 0. The molecule has 0 atom stereocenters. The van der Waals surface area contributed by atoms with Crippen LogP contribution in [-0.2, 0) is 0 Å². The predicted molar refractivity (Wildman–Crippen MR) is 499 cm³/mol. The fourth-order valence-electron chi connectivity index (χ4n) is 13.4. The highest BCUT2D eigenvalue weighted by molar-refractivity contribution is 7.27. The van der Waals surface area contributed by atoms with Crippen LogP contribution in [0, 0.1) is 0 Å². The van der Waals surface area contributed by atoms with Gasteiger partial charge in [0, 0.05) is 91.5 Å². The summed E-state index contributed by atoms with van der Waals surface area (Å²) in [5.41, 5.74) is 12.1. The molecular weight excluding hydrogens is 1440 g/mol. The van der Waals surface area contributed by atoms with Crippen LogP contribution in [0.15, 0.2) is 490 Å². The molecule has 5 aromatic heterocycles. The Kier molecular flexibility index (Phi) is 25.8. The van der Waals surface area contributed by atoms with Gasteiger partial charge >= 0.3 is 0 Å². The lowest BCUT2D eigenvalue weighted by atomic mass is 10.1. The molecule has 0 fully saturated rings. The summed E-state index contributed by atoms with van der Waals surface area (Å²) in [6.07, 6.45) is 0. The van der Waals surface area contributed by atoms with Crippen LogP contribution in [0.4, 0.5) is 0 Å². The third kappa shape index (κ3) is 19.6. The molecule has 5 heterocycles. The maximum Gasteiger partial charge on any atom is 0.135 e. The Morgan fingerprint density at radius 2 is 0.221 bits per heavy atom. The van der Waals surface area contributed by atoms with Gasteiger partial charge in [-0.05, 0) is 105 Å². The van der Waals surface area contributed by atoms with Crippen LogP contribution in [0.1, 0.15) is 0 Å². The zero-order chi connectivity index (χ0) is 76.3. The van der Waals surface area contributed by atoms with Crippen molar-refractivity contribution >= 4 is 148 Å². The van der Waals surface area contributed by atoms with E-state index in [2.05, 4.69) is 400 Å². The maximum atomic E-state index is 5.65. The summed E-state index contributed by atoms with van der Waals surface area (Å²) in [6, 6.07) is 168. The quantitative estimate of drug-likeness (QED) is 0.171. The molecule has 0 amide bonds. The largest absolute Gasteiger partial charge is 0.456 e. The van der Waals surface area contributed by atoms with Gasteiger partial charge < -0.3 is 4.42 Å². The molecule has 1 nitrogen and oxygen atoms in total. The zero-order valence-electron chi connectivity index (χ0n) is 62.2. The van der Waals surface area contributed by atoms with E-state index in [4.69, 9.17) is 4.42 Å². The van der Waals surface area contributed by atoms with Gasteiger partial charge in [-0.15, -0.1) is 45.3 Å². The average molecular weight is 1520 g/mol. The molecule has 0 saturated carbocycles. The summed E-state index contributed by atoms with van der Waals surface area (Å²) < 4.78 is 16.7. The second-order valence-electron chi connectivity index (χ2n) is 26.4. The second-order valence-corrected chi connectivity index (χ2v) is 30.7. The van der Waals surface area contributed by atoms with Gasteiger partial charge in [0.2, 0.25) is 0 Å². The van der Waals surface area contributed by atoms with Crippen molar-refractivity contribution < 1.29 is 4.42 Å². The van der Waals surface area contributed by atoms with Crippen LogP contribution >= 0.6 is 45.3 Å². The predicted octanol–water partition coefficient (Wildman–Crippen LogP) is 33.2. The minimum Gasteiger partial charge on any atom is -0.456 e. The highest BCUT2D eigenvalue weighted by Crippen LogP contribution is 2.37. The van der Waals surface area contributed by atoms with E-state index in [0.29, 0.717) is 0 Å². The zero-order valence-corrected chi connectivity index (χ0v) is 65.5. The van der Waals surface area contributed by atoms with E-state index >= 15 is 0 Å². The van der Waals surface area contributed by atoms with Crippen molar-refractivity contribution in [1.82, 2.24) is 0 Å². The fraction of sp³-hybridized carbons (Fsp3) is 0. The van der Waals surface area contributed by atoms with Crippen LogP contribution < -0.4 is 0 Å². The van der Waals surface area contributed by atoms with E-state index in [0.717, 1.165) is 11.2 Å². The number of thiophene rings is 4. The number of hydrogen-bond donors (Lipinski definition) is 0. The van der Waals surface area contributed by atoms with Crippen molar-refractivity contribution in [1.29, 1.82) is 0 Å². The number of furan rings is 1. The number of rotatable bonds is 4. The Bertz CT molecular complexity index is 5460. The van der Waals surface area contributed by atoms with E-state index in [9.17, 15) is 0 Å². The van der Waals surface area contributed by atoms with Crippen molar-refractivity contribution in [2.24, 2.45) is 0 Å². The van der Waals surface area contributed by atoms with Crippen molar-refractivity contribution in [3.05, 3.63) is 485 Å². The van der Waals surface area contributed by atoms with Crippen molar-refractivity contribution in [3.63, 3.8) is 0 Å². The minimum atomic E-state index is 0.962. The van der Waals surface area contributed by atoms with E-state index in [-0.39, 0.29) is 0 Å². The number of fused-ring (bicyclic) bond motifs is 15. The molecule has 5 heteroatoms. The molecule has 0 aliphatic rings. The number of benzene rings is 18. The Hall–Kier alpha value is -13.4. The van der Waals surface area contributed by atoms with Gasteiger partial charge in [0.05, 0.1) is 0 Å². The molecule has 113 heavy (non-hydrogen) atoms. The molecule has 0 saturated heterocycles. The smallest absolute Gasteiger partial charge is 0.135 e. The van der Waals surface area contributed by atoms with Crippen LogP contribution in [-0.4, -0.2) is 0 Å². The molecular formula is C108H80OS4. The lowest BCUT2D eigenvalue weighted by Gasteiger charge is -1.98. The van der Waals surface area contributed by atoms with Gasteiger partial charge in [0.15, 0.2) is 0 Å². The Morgan fingerprint density at radius 3 is 0.372 bits per heavy atom. The van der Waals surface area contributed by atoms with Crippen LogP contribution in [0.3, 0.4) is 0 Å². The Morgan fingerprint density at radius 1 is 0.106 bits per heavy atom. The molecule has 0 unspecified atom stereocenters. The summed E-state index contributed by atoms with van der Waals surface area (Å²) in [5.74, 6) is 0. The highest BCUT2D eigenvalue weighted by atomic mass is 32.1. The van der Waals surface area contributed by atoms with Gasteiger partial charge in [-0.1, -0.05) is 425 Å². The molecule has 0 radical (unpaired) electrons. The molecule has 0 N–H and O–H groups in total. The van der Waals surface area contributed by atoms with Crippen LogP contribution in [0.2, 0.25) is 0 Å². The first-order valence-corrected chi connectivity index (χ1v) is 41.1. The van der Waals surface area contributed by atoms with Crippen LogP contribution in [0.5, 0.6) is 0 Å². The standard InChI is InChI=1S/C12H8O.4C12H8S.4C12H10/c5*1-3-7-11-9(5-1)10-6-2-4-8-12(10)13-11;4*1-3-7-11(8-4-1)12-9-5-2-6-10-12/h5*1-8H;4*1-10H. The number of para-hydroxylation sites is 2. The summed E-state index contributed by atoms with van der Waals surface area (Å²) in [5, 5.41) is 13.4. The fourth-order valence-corrected chi connectivity index (χ4v) is 17.8. The molecule has 0 aliphatic heterocycles. The molecule has 23 aromatic rings. The molecule has 23 rings (SSSR count). The lowest BCUT2D eigenvalue weighted by Crippen LogP contribution is -1.73. The third-order valence-electron chi connectivity index (χ3n) is 18.9. The molecule has 18 aromatic carbocycles. The van der Waals surface area contributed by atoms with E-state index < -0.39 is 0 Å². The van der Waals surface area contributed by atoms with Gasteiger partial charge in [-0.25, -0.2) is 0 Å². The third-order valence-corrected chi connectivity index (χ3v) is 23.6. The first kappa shape index (κ1) is 75.1. The summed E-state index contributed by atoms with van der Waals surface area (Å²) in [6.45, 7) is 0. The van der Waals surface area contributed by atoms with Gasteiger partial charge in [-0.2, -0.15) is 0 Å². The van der Waals surface area contributed by atoms with Crippen LogP contribution in [0.25, 0.3) is 147 Å². The first-order valence-electron chi connectivity index (χ1n) is 37.9. The molecule has 542 valence electrons. The van der Waals surface area contributed by atoms with Gasteiger partial charge in [0.25, 0.3) is 0 Å². The average Bonchev–Trinajstić information content (AvgIpc) is 1.68. The number of hydrogen-bond acceptors (Lipinski definition) is 5. The van der Waals surface area contributed by atoms with Crippen molar-refractivity contribution in [3.8, 4) is 44.5 Å².